The highest BCUT2D eigenvalue weighted by atomic mass is 32.2. The van der Waals surface area contributed by atoms with Gasteiger partial charge in [0.1, 0.15) is 11.5 Å². The van der Waals surface area contributed by atoms with E-state index in [-0.39, 0.29) is 24.1 Å². The third-order valence-corrected chi connectivity index (χ3v) is 6.46. The Morgan fingerprint density at radius 1 is 0.921 bits per heavy atom. The molecule has 0 atom stereocenters. The lowest BCUT2D eigenvalue weighted by molar-refractivity contribution is -0.113. The second-order valence-electron chi connectivity index (χ2n) is 8.28. The lowest BCUT2D eigenvalue weighted by atomic mass is 10.2. The van der Waals surface area contributed by atoms with Crippen LogP contribution in [0.4, 0.5) is 5.69 Å². The fraction of sp³-hybridized carbons (Fsp3) is 0.214. The predicted molar refractivity (Wildman–Crippen MR) is 147 cm³/mol. The zero-order chi connectivity index (χ0) is 26.9. The maximum atomic E-state index is 12.7. The van der Waals surface area contributed by atoms with Crippen LogP contribution in [0.1, 0.15) is 28.7 Å². The van der Waals surface area contributed by atoms with E-state index >= 15 is 0 Å². The summed E-state index contributed by atoms with van der Waals surface area (Å²) >= 11 is 1.26. The number of amides is 2. The molecule has 196 valence electrons. The third kappa shape index (κ3) is 6.92. The van der Waals surface area contributed by atoms with Gasteiger partial charge in [0.15, 0.2) is 11.0 Å². The van der Waals surface area contributed by atoms with E-state index in [1.165, 1.54) is 11.8 Å². The number of thioether (sulfide) groups is 1. The number of anilines is 1. The average molecular weight is 532 g/mol. The summed E-state index contributed by atoms with van der Waals surface area (Å²) in [6.45, 7) is 4.62. The number of benzene rings is 3. The molecule has 0 aliphatic rings. The van der Waals surface area contributed by atoms with Crippen molar-refractivity contribution in [3.63, 3.8) is 0 Å². The van der Waals surface area contributed by atoms with Gasteiger partial charge in [-0.15, -0.1) is 10.2 Å². The van der Waals surface area contributed by atoms with Gasteiger partial charge in [-0.05, 0) is 74.5 Å². The molecule has 3 aromatic carbocycles. The van der Waals surface area contributed by atoms with Gasteiger partial charge in [-0.3, -0.25) is 14.2 Å². The first kappa shape index (κ1) is 26.7. The number of nitrogens with zero attached hydrogens (tertiary/aromatic N) is 3. The van der Waals surface area contributed by atoms with Crippen molar-refractivity contribution in [1.82, 2.24) is 20.1 Å². The summed E-state index contributed by atoms with van der Waals surface area (Å²) < 4.78 is 12.5. The van der Waals surface area contributed by atoms with Crippen LogP contribution in [0.3, 0.4) is 0 Å². The number of aryl methyl sites for hydroxylation is 1. The van der Waals surface area contributed by atoms with Crippen molar-refractivity contribution in [2.24, 2.45) is 0 Å². The number of nitrogens with one attached hydrogen (secondary N) is 2. The summed E-state index contributed by atoms with van der Waals surface area (Å²) in [5, 5.41) is 14.9. The molecule has 10 heteroatoms. The summed E-state index contributed by atoms with van der Waals surface area (Å²) in [5.74, 6) is 1.67. The third-order valence-electron chi connectivity index (χ3n) is 5.53. The van der Waals surface area contributed by atoms with Crippen molar-refractivity contribution in [2.75, 3.05) is 24.8 Å². The molecule has 4 rings (SSSR count). The maximum absolute atomic E-state index is 12.7. The van der Waals surface area contributed by atoms with Crippen molar-refractivity contribution in [1.29, 1.82) is 0 Å². The highest BCUT2D eigenvalue weighted by Gasteiger charge is 2.17. The Kier molecular flexibility index (Phi) is 8.99. The van der Waals surface area contributed by atoms with E-state index in [0.717, 1.165) is 22.7 Å². The number of carbonyl (C=O) groups excluding carboxylic acids is 2. The highest BCUT2D eigenvalue weighted by Crippen LogP contribution is 2.24. The van der Waals surface area contributed by atoms with Crippen molar-refractivity contribution >= 4 is 29.3 Å². The second-order valence-corrected chi connectivity index (χ2v) is 9.22. The summed E-state index contributed by atoms with van der Waals surface area (Å²) in [6, 6.07) is 22.0. The molecule has 0 unspecified atom stereocenters. The molecular formula is C28H29N5O4S. The molecule has 0 radical (unpaired) electrons. The molecular weight excluding hydrogens is 502 g/mol. The molecule has 2 N–H and O–H groups in total. The van der Waals surface area contributed by atoms with Gasteiger partial charge < -0.3 is 20.1 Å². The van der Waals surface area contributed by atoms with Crippen LogP contribution in [0.15, 0.2) is 78.0 Å². The van der Waals surface area contributed by atoms with Gasteiger partial charge in [-0.1, -0.05) is 29.5 Å². The minimum absolute atomic E-state index is 0.140. The average Bonchev–Trinajstić information content (AvgIpc) is 3.35. The molecule has 1 aromatic heterocycles. The summed E-state index contributed by atoms with van der Waals surface area (Å²) in [4.78, 5) is 25.3. The number of ether oxygens (including phenoxy) is 2. The van der Waals surface area contributed by atoms with Crippen molar-refractivity contribution < 1.29 is 19.1 Å². The molecule has 9 nitrogen and oxygen atoms in total. The van der Waals surface area contributed by atoms with Gasteiger partial charge in [-0.25, -0.2) is 0 Å². The van der Waals surface area contributed by atoms with Crippen LogP contribution in [-0.4, -0.2) is 46.0 Å². The first-order chi connectivity index (χ1) is 18.5. The number of rotatable bonds is 11. The van der Waals surface area contributed by atoms with Gasteiger partial charge in [0.05, 0.1) is 26.0 Å². The Morgan fingerprint density at radius 2 is 1.61 bits per heavy atom. The number of hydrogen-bond donors (Lipinski definition) is 2. The van der Waals surface area contributed by atoms with Crippen LogP contribution >= 0.6 is 11.8 Å². The van der Waals surface area contributed by atoms with E-state index < -0.39 is 0 Å². The van der Waals surface area contributed by atoms with Crippen molar-refractivity contribution in [2.45, 2.75) is 25.5 Å². The summed E-state index contributed by atoms with van der Waals surface area (Å²) in [5.41, 5.74) is 3.14. The van der Waals surface area contributed by atoms with Gasteiger partial charge in [0, 0.05) is 16.9 Å². The predicted octanol–water partition coefficient (Wildman–Crippen LogP) is 4.64. The van der Waals surface area contributed by atoms with Crippen LogP contribution in [0.5, 0.6) is 11.5 Å². The van der Waals surface area contributed by atoms with E-state index in [0.29, 0.717) is 28.9 Å². The highest BCUT2D eigenvalue weighted by molar-refractivity contribution is 7.99. The zero-order valence-electron chi connectivity index (χ0n) is 21.4. The molecule has 0 saturated heterocycles. The Bertz CT molecular complexity index is 1370. The fourth-order valence-corrected chi connectivity index (χ4v) is 4.36. The van der Waals surface area contributed by atoms with Crippen LogP contribution in [0.25, 0.3) is 5.69 Å². The first-order valence-electron chi connectivity index (χ1n) is 12.1. The van der Waals surface area contributed by atoms with E-state index in [9.17, 15) is 9.59 Å². The molecule has 0 aliphatic carbocycles. The van der Waals surface area contributed by atoms with E-state index in [2.05, 4.69) is 20.8 Å². The number of hydrogen-bond acceptors (Lipinski definition) is 7. The normalized spacial score (nSPS) is 10.6. The molecule has 0 bridgehead atoms. The second kappa shape index (κ2) is 12.8. The number of carbonyl (C=O) groups is 2. The number of aromatic nitrogens is 3. The minimum Gasteiger partial charge on any atom is -0.497 e. The Morgan fingerprint density at radius 3 is 2.26 bits per heavy atom. The van der Waals surface area contributed by atoms with Crippen LogP contribution in [0.2, 0.25) is 0 Å². The monoisotopic (exact) mass is 531 g/mol. The lowest BCUT2D eigenvalue weighted by Crippen LogP contribution is -2.24. The Balaban J connectivity index is 1.50. The Labute approximate surface area is 225 Å². The lowest BCUT2D eigenvalue weighted by Gasteiger charge is -2.12. The van der Waals surface area contributed by atoms with E-state index in [4.69, 9.17) is 9.47 Å². The van der Waals surface area contributed by atoms with Gasteiger partial charge in [0.25, 0.3) is 5.91 Å². The van der Waals surface area contributed by atoms with E-state index in [1.54, 1.807) is 31.4 Å². The molecule has 38 heavy (non-hydrogen) atoms. The molecule has 4 aromatic rings. The zero-order valence-corrected chi connectivity index (χ0v) is 22.2. The topological polar surface area (TPSA) is 107 Å². The number of methoxy groups -OCH3 is 1. The van der Waals surface area contributed by atoms with Gasteiger partial charge >= 0.3 is 0 Å². The molecule has 0 aliphatic heterocycles. The molecule has 1 heterocycles. The maximum Gasteiger partial charge on any atom is 0.251 e. The van der Waals surface area contributed by atoms with E-state index in [1.807, 2.05) is 66.9 Å². The quantitative estimate of drug-likeness (QED) is 0.272. The van der Waals surface area contributed by atoms with Crippen molar-refractivity contribution in [3.8, 4) is 17.2 Å². The SMILES string of the molecule is CCOc1ccc(-n2c(CNC(=O)c3ccc(OC)cc3)nnc2SCC(=O)Nc2ccc(C)cc2)cc1. The smallest absolute Gasteiger partial charge is 0.251 e. The molecule has 0 fully saturated rings. The largest absolute Gasteiger partial charge is 0.497 e. The van der Waals surface area contributed by atoms with Crippen LogP contribution in [-0.2, 0) is 11.3 Å². The first-order valence-corrected chi connectivity index (χ1v) is 13.0. The molecule has 0 saturated carbocycles. The molecule has 0 spiro atoms. The Hall–Kier alpha value is -4.31. The standard InChI is InChI=1S/C28H29N5O4S/c1-4-37-24-15-11-22(12-16-24)33-25(17-29-27(35)20-7-13-23(36-3)14-8-20)31-32-28(33)38-18-26(34)30-21-9-5-19(2)6-10-21/h5-16H,4,17-18H2,1-3H3,(H,29,35)(H,30,34). The van der Waals surface area contributed by atoms with Crippen LogP contribution in [0, 0.1) is 6.92 Å². The minimum atomic E-state index is -0.249. The van der Waals surface area contributed by atoms with Crippen LogP contribution < -0.4 is 20.1 Å². The fourth-order valence-electron chi connectivity index (χ4n) is 3.59. The van der Waals surface area contributed by atoms with Gasteiger partial charge in [0.2, 0.25) is 5.91 Å². The summed E-state index contributed by atoms with van der Waals surface area (Å²) in [7, 11) is 1.57. The molecule has 2 amide bonds. The van der Waals surface area contributed by atoms with Gasteiger partial charge in [-0.2, -0.15) is 0 Å². The summed E-state index contributed by atoms with van der Waals surface area (Å²) in [6.07, 6.45) is 0. The van der Waals surface area contributed by atoms with Crippen molar-refractivity contribution in [3.05, 3.63) is 89.7 Å².